The van der Waals surface area contributed by atoms with E-state index in [9.17, 15) is 13.2 Å². The number of amides is 1. The molecular weight excluding hydrogens is 398 g/mol. The number of sulfonamides is 1. The average molecular weight is 424 g/mol. The second-order valence-corrected chi connectivity index (χ2v) is 9.06. The first-order valence-electron chi connectivity index (χ1n) is 9.52. The highest BCUT2D eigenvalue weighted by Crippen LogP contribution is 2.19. The average Bonchev–Trinajstić information content (AvgIpc) is 2.75. The summed E-state index contributed by atoms with van der Waals surface area (Å²) in [6.45, 7) is 0.470. The largest absolute Gasteiger partial charge is 0.365 e. The van der Waals surface area contributed by atoms with Crippen LogP contribution in [0.4, 0.5) is 11.4 Å². The molecule has 0 radical (unpaired) electrons. The summed E-state index contributed by atoms with van der Waals surface area (Å²) >= 11 is 0. The molecule has 0 heterocycles. The first-order valence-corrected chi connectivity index (χ1v) is 11.0. The van der Waals surface area contributed by atoms with Crippen LogP contribution in [0, 0.1) is 0 Å². The van der Waals surface area contributed by atoms with Crippen molar-refractivity contribution in [1.82, 2.24) is 4.31 Å². The van der Waals surface area contributed by atoms with Gasteiger partial charge in [0.1, 0.15) is 0 Å². The minimum Gasteiger partial charge on any atom is -0.365 e. The van der Waals surface area contributed by atoms with Gasteiger partial charge in [-0.25, -0.2) is 8.42 Å². The van der Waals surface area contributed by atoms with Crippen molar-refractivity contribution < 1.29 is 13.2 Å². The van der Waals surface area contributed by atoms with Crippen LogP contribution in [0.25, 0.3) is 0 Å². The lowest BCUT2D eigenvalue weighted by Gasteiger charge is -2.19. The predicted octanol–water partition coefficient (Wildman–Crippen LogP) is 3.58. The summed E-state index contributed by atoms with van der Waals surface area (Å²) in [5.74, 6) is -0.182. The van der Waals surface area contributed by atoms with E-state index in [-0.39, 0.29) is 23.9 Å². The number of hydrogen-bond donors (Lipinski definition) is 1. The Morgan fingerprint density at radius 1 is 0.833 bits per heavy atom. The minimum atomic E-state index is -3.63. The van der Waals surface area contributed by atoms with Crippen molar-refractivity contribution in [2.45, 2.75) is 11.4 Å². The van der Waals surface area contributed by atoms with Crippen molar-refractivity contribution in [2.75, 3.05) is 30.9 Å². The fraction of sp³-hybridized carbons (Fsp3) is 0.174. The highest BCUT2D eigenvalue weighted by atomic mass is 32.2. The van der Waals surface area contributed by atoms with E-state index in [0.717, 1.165) is 11.3 Å². The second-order valence-electron chi connectivity index (χ2n) is 7.01. The summed E-state index contributed by atoms with van der Waals surface area (Å²) in [5.41, 5.74) is 2.40. The Hall–Kier alpha value is -3.16. The van der Waals surface area contributed by atoms with Gasteiger partial charge in [-0.15, -0.1) is 0 Å². The number of anilines is 2. The van der Waals surface area contributed by atoms with Crippen molar-refractivity contribution in [1.29, 1.82) is 0 Å². The molecule has 0 bridgehead atoms. The number of nitrogens with zero attached hydrogens (tertiary/aromatic N) is 2. The van der Waals surface area contributed by atoms with Crippen LogP contribution >= 0.6 is 0 Å². The van der Waals surface area contributed by atoms with Crippen LogP contribution in [-0.4, -0.2) is 39.3 Å². The molecule has 0 aliphatic rings. The quantitative estimate of drug-likeness (QED) is 0.601. The van der Waals surface area contributed by atoms with Gasteiger partial charge < -0.3 is 10.2 Å². The van der Waals surface area contributed by atoms with Crippen LogP contribution in [-0.2, 0) is 21.4 Å². The lowest BCUT2D eigenvalue weighted by molar-refractivity contribution is -0.114. The summed E-state index contributed by atoms with van der Waals surface area (Å²) in [5, 5.41) is 2.80. The predicted molar refractivity (Wildman–Crippen MR) is 120 cm³/mol. The topological polar surface area (TPSA) is 69.7 Å². The molecule has 0 aromatic heterocycles. The van der Waals surface area contributed by atoms with Crippen LogP contribution in [0.2, 0.25) is 0 Å². The van der Waals surface area contributed by atoms with E-state index in [1.54, 1.807) is 19.2 Å². The molecule has 0 saturated heterocycles. The standard InChI is InChI=1S/C23H25N3O3S/c1-25(21-11-7-4-8-12-21)18-23(27)24-20-13-15-22(16-14-20)30(28,29)26(2)17-19-9-5-3-6-10-19/h3-16H,17-18H2,1-2H3,(H,24,27). The summed E-state index contributed by atoms with van der Waals surface area (Å²) in [6, 6.07) is 25.2. The molecule has 1 N–H and O–H groups in total. The molecule has 30 heavy (non-hydrogen) atoms. The third kappa shape index (κ3) is 5.46. The number of carbonyl (C=O) groups excluding carboxylic acids is 1. The van der Waals surface area contributed by atoms with Crippen LogP contribution in [0.1, 0.15) is 5.56 Å². The number of benzene rings is 3. The summed E-state index contributed by atoms with van der Waals surface area (Å²) < 4.78 is 26.9. The van der Waals surface area contributed by atoms with Crippen LogP contribution < -0.4 is 10.2 Å². The Labute approximate surface area is 177 Å². The molecule has 7 heteroatoms. The maximum Gasteiger partial charge on any atom is 0.243 e. The molecule has 0 aliphatic heterocycles. The van der Waals surface area contributed by atoms with Crippen molar-refractivity contribution in [3.63, 3.8) is 0 Å². The maximum absolute atomic E-state index is 12.8. The number of likely N-dealkylation sites (N-methyl/N-ethyl adjacent to an activating group) is 1. The maximum atomic E-state index is 12.8. The number of nitrogens with one attached hydrogen (secondary N) is 1. The van der Waals surface area contributed by atoms with E-state index in [2.05, 4.69) is 5.32 Å². The van der Waals surface area contributed by atoms with Gasteiger partial charge in [0, 0.05) is 32.0 Å². The number of para-hydroxylation sites is 1. The molecule has 0 fully saturated rings. The van der Waals surface area contributed by atoms with Crippen LogP contribution in [0.3, 0.4) is 0 Å². The fourth-order valence-electron chi connectivity index (χ4n) is 3.01. The Bertz CT molecular complexity index is 1070. The molecular formula is C23H25N3O3S. The highest BCUT2D eigenvalue weighted by molar-refractivity contribution is 7.89. The summed E-state index contributed by atoms with van der Waals surface area (Å²) in [4.78, 5) is 14.3. The van der Waals surface area contributed by atoms with Crippen LogP contribution in [0.15, 0.2) is 89.8 Å². The molecule has 0 spiro atoms. The molecule has 3 rings (SSSR count). The van der Waals surface area contributed by atoms with Gasteiger partial charge in [-0.2, -0.15) is 4.31 Å². The molecule has 6 nitrogen and oxygen atoms in total. The first-order chi connectivity index (χ1) is 14.4. The van der Waals surface area contributed by atoms with Crippen molar-refractivity contribution in [3.05, 3.63) is 90.5 Å². The van der Waals surface area contributed by atoms with Gasteiger partial charge in [-0.3, -0.25) is 4.79 Å². The lowest BCUT2D eigenvalue weighted by atomic mass is 10.2. The summed E-state index contributed by atoms with van der Waals surface area (Å²) in [7, 11) is -0.232. The minimum absolute atomic E-state index is 0.181. The molecule has 3 aromatic carbocycles. The lowest BCUT2D eigenvalue weighted by Crippen LogP contribution is -2.30. The van der Waals surface area contributed by atoms with Gasteiger partial charge in [0.05, 0.1) is 11.4 Å². The van der Waals surface area contributed by atoms with Crippen LogP contribution in [0.5, 0.6) is 0 Å². The summed E-state index contributed by atoms with van der Waals surface area (Å²) in [6.07, 6.45) is 0. The smallest absolute Gasteiger partial charge is 0.243 e. The SMILES string of the molecule is CN(CC(=O)Nc1ccc(S(=O)(=O)N(C)Cc2ccccc2)cc1)c1ccccc1. The monoisotopic (exact) mass is 423 g/mol. The van der Waals surface area contributed by atoms with E-state index >= 15 is 0 Å². The molecule has 3 aromatic rings. The van der Waals surface area contributed by atoms with Gasteiger partial charge in [-0.05, 0) is 42.0 Å². The first kappa shape index (κ1) is 21.5. The molecule has 0 aliphatic carbocycles. The zero-order chi connectivity index (χ0) is 21.6. The Balaban J connectivity index is 1.61. The zero-order valence-corrected chi connectivity index (χ0v) is 17.8. The van der Waals surface area contributed by atoms with E-state index < -0.39 is 10.0 Å². The number of hydrogen-bond acceptors (Lipinski definition) is 4. The number of rotatable bonds is 8. The Kier molecular flexibility index (Phi) is 6.87. The molecule has 1 amide bonds. The number of carbonyl (C=O) groups is 1. The molecule has 0 atom stereocenters. The van der Waals surface area contributed by atoms with E-state index in [0.29, 0.717) is 5.69 Å². The Morgan fingerprint density at radius 3 is 2.00 bits per heavy atom. The van der Waals surface area contributed by atoms with Crippen molar-refractivity contribution in [3.8, 4) is 0 Å². The molecule has 0 saturated carbocycles. The van der Waals surface area contributed by atoms with Gasteiger partial charge in [0.25, 0.3) is 0 Å². The zero-order valence-electron chi connectivity index (χ0n) is 17.0. The van der Waals surface area contributed by atoms with Gasteiger partial charge in [0.15, 0.2) is 0 Å². The second kappa shape index (κ2) is 9.56. The normalized spacial score (nSPS) is 11.3. The third-order valence-corrected chi connectivity index (χ3v) is 6.49. The highest BCUT2D eigenvalue weighted by Gasteiger charge is 2.21. The molecule has 156 valence electrons. The third-order valence-electron chi connectivity index (χ3n) is 4.67. The van der Waals surface area contributed by atoms with E-state index in [4.69, 9.17) is 0 Å². The van der Waals surface area contributed by atoms with Gasteiger partial charge in [-0.1, -0.05) is 48.5 Å². The fourth-order valence-corrected chi connectivity index (χ4v) is 4.16. The van der Waals surface area contributed by atoms with E-state index in [1.807, 2.05) is 72.6 Å². The Morgan fingerprint density at radius 2 is 1.40 bits per heavy atom. The van der Waals surface area contributed by atoms with E-state index in [1.165, 1.54) is 16.4 Å². The molecule has 0 unspecified atom stereocenters. The van der Waals surface area contributed by atoms with Gasteiger partial charge >= 0.3 is 0 Å². The van der Waals surface area contributed by atoms with Crippen molar-refractivity contribution in [2.24, 2.45) is 0 Å². The van der Waals surface area contributed by atoms with Crippen molar-refractivity contribution >= 4 is 27.3 Å². The van der Waals surface area contributed by atoms with Gasteiger partial charge in [0.2, 0.25) is 15.9 Å².